The zero-order valence-corrected chi connectivity index (χ0v) is 9.77. The Morgan fingerprint density at radius 3 is 2.00 bits per heavy atom. The summed E-state index contributed by atoms with van der Waals surface area (Å²) in [5.74, 6) is -0.675. The maximum Gasteiger partial charge on any atom is 0.303 e. The van der Waals surface area contributed by atoms with Crippen molar-refractivity contribution in [3.8, 4) is 0 Å². The summed E-state index contributed by atoms with van der Waals surface area (Å²) in [6, 6.07) is 0. The molecule has 0 heterocycles. The molecular formula is C10H23BCoO2. The summed E-state index contributed by atoms with van der Waals surface area (Å²) in [5, 5.41) is 8.37. The van der Waals surface area contributed by atoms with Gasteiger partial charge in [0.15, 0.2) is 0 Å². The van der Waals surface area contributed by atoms with E-state index in [4.69, 9.17) is 5.11 Å². The van der Waals surface area contributed by atoms with E-state index in [1.165, 1.54) is 6.42 Å². The van der Waals surface area contributed by atoms with Crippen LogP contribution in [0.2, 0.25) is 0 Å². The van der Waals surface area contributed by atoms with E-state index in [0.717, 1.165) is 19.3 Å². The molecule has 0 aromatic carbocycles. The SMILES string of the molecule is B.CC(C)(C)CCCCCC(=O)O.[Co]. The topological polar surface area (TPSA) is 37.3 Å². The Labute approximate surface area is 99.6 Å². The molecule has 0 bridgehead atoms. The molecule has 0 aliphatic rings. The van der Waals surface area contributed by atoms with Crippen LogP contribution in [-0.2, 0) is 21.6 Å². The summed E-state index contributed by atoms with van der Waals surface area (Å²) in [6.07, 6.45) is 4.53. The second-order valence-electron chi connectivity index (χ2n) is 4.52. The normalized spacial score (nSPS) is 9.93. The van der Waals surface area contributed by atoms with Crippen LogP contribution in [0.1, 0.15) is 52.9 Å². The van der Waals surface area contributed by atoms with Crippen molar-refractivity contribution in [3.63, 3.8) is 0 Å². The second kappa shape index (κ2) is 9.59. The molecule has 1 radical (unpaired) electrons. The Kier molecular flexibility index (Phi) is 13.4. The number of hydrogen-bond acceptors (Lipinski definition) is 1. The smallest absolute Gasteiger partial charge is 0.303 e. The molecule has 87 valence electrons. The molecule has 2 nitrogen and oxygen atoms in total. The third kappa shape index (κ3) is 18.0. The molecule has 0 unspecified atom stereocenters. The molecule has 0 atom stereocenters. The van der Waals surface area contributed by atoms with Crippen LogP contribution in [0.25, 0.3) is 0 Å². The van der Waals surface area contributed by atoms with Crippen LogP contribution in [0, 0.1) is 5.41 Å². The van der Waals surface area contributed by atoms with Crippen LogP contribution in [0.3, 0.4) is 0 Å². The van der Waals surface area contributed by atoms with Gasteiger partial charge in [0.25, 0.3) is 0 Å². The number of carboxylic acid groups (broad SMARTS) is 1. The fourth-order valence-electron chi connectivity index (χ4n) is 1.11. The molecular weight excluding hydrogens is 222 g/mol. The molecule has 0 aromatic rings. The van der Waals surface area contributed by atoms with Crippen LogP contribution in [0.5, 0.6) is 0 Å². The van der Waals surface area contributed by atoms with Crippen LogP contribution >= 0.6 is 0 Å². The Morgan fingerprint density at radius 1 is 1.14 bits per heavy atom. The first-order valence-corrected chi connectivity index (χ1v) is 4.63. The zero-order chi connectivity index (χ0) is 9.61. The van der Waals surface area contributed by atoms with Gasteiger partial charge in [-0.25, -0.2) is 0 Å². The minimum atomic E-state index is -0.675. The van der Waals surface area contributed by atoms with Gasteiger partial charge < -0.3 is 5.11 Å². The molecule has 0 aromatic heterocycles. The summed E-state index contributed by atoms with van der Waals surface area (Å²) in [4.78, 5) is 10.2. The maximum absolute atomic E-state index is 10.2. The molecule has 0 spiro atoms. The second-order valence-corrected chi connectivity index (χ2v) is 4.52. The molecule has 0 amide bonds. The number of carbonyl (C=O) groups is 1. The summed E-state index contributed by atoms with van der Waals surface area (Å²) in [6.45, 7) is 6.64. The zero-order valence-electron chi connectivity index (χ0n) is 8.72. The summed E-state index contributed by atoms with van der Waals surface area (Å²) >= 11 is 0. The Morgan fingerprint density at radius 2 is 1.64 bits per heavy atom. The van der Waals surface area contributed by atoms with Crippen LogP contribution in [-0.4, -0.2) is 19.5 Å². The molecule has 0 fully saturated rings. The van der Waals surface area contributed by atoms with E-state index in [2.05, 4.69) is 20.8 Å². The van der Waals surface area contributed by atoms with Gasteiger partial charge in [0.05, 0.1) is 8.41 Å². The predicted molar refractivity (Wildman–Crippen MR) is 60.1 cm³/mol. The Balaban J connectivity index is -0.000000605. The summed E-state index contributed by atoms with van der Waals surface area (Å²) < 4.78 is 0. The number of hydrogen-bond donors (Lipinski definition) is 1. The molecule has 4 heteroatoms. The van der Waals surface area contributed by atoms with Crippen molar-refractivity contribution in [2.75, 3.05) is 0 Å². The number of unbranched alkanes of at least 4 members (excludes halogenated alkanes) is 2. The first-order chi connectivity index (χ1) is 5.42. The van der Waals surface area contributed by atoms with Gasteiger partial charge in [0.2, 0.25) is 0 Å². The maximum atomic E-state index is 10.2. The van der Waals surface area contributed by atoms with Gasteiger partial charge in [-0.15, -0.1) is 0 Å². The quantitative estimate of drug-likeness (QED) is 0.593. The van der Waals surface area contributed by atoms with Crippen molar-refractivity contribution in [1.82, 2.24) is 0 Å². The monoisotopic (exact) mass is 245 g/mol. The molecule has 0 rings (SSSR count). The minimum absolute atomic E-state index is 0. The van der Waals surface area contributed by atoms with Gasteiger partial charge >= 0.3 is 5.97 Å². The third-order valence-electron chi connectivity index (χ3n) is 1.82. The van der Waals surface area contributed by atoms with Gasteiger partial charge in [-0.2, -0.15) is 0 Å². The van der Waals surface area contributed by atoms with E-state index in [9.17, 15) is 4.79 Å². The van der Waals surface area contributed by atoms with Crippen molar-refractivity contribution in [3.05, 3.63) is 0 Å². The van der Waals surface area contributed by atoms with Gasteiger partial charge in [-0.1, -0.05) is 33.6 Å². The molecule has 0 aliphatic carbocycles. The van der Waals surface area contributed by atoms with Crippen LogP contribution in [0.4, 0.5) is 0 Å². The first kappa shape index (κ1) is 19.6. The molecule has 0 saturated carbocycles. The fraction of sp³-hybridized carbons (Fsp3) is 0.900. The Bertz CT molecular complexity index is 144. The van der Waals surface area contributed by atoms with E-state index in [-0.39, 0.29) is 25.2 Å². The largest absolute Gasteiger partial charge is 0.481 e. The molecule has 1 N–H and O–H groups in total. The van der Waals surface area contributed by atoms with E-state index < -0.39 is 5.97 Å². The van der Waals surface area contributed by atoms with Crippen molar-refractivity contribution >= 4 is 14.4 Å². The van der Waals surface area contributed by atoms with Crippen molar-refractivity contribution < 1.29 is 26.7 Å². The molecule has 0 aliphatic heterocycles. The molecule has 0 saturated heterocycles. The van der Waals surface area contributed by atoms with E-state index in [0.29, 0.717) is 11.8 Å². The fourth-order valence-corrected chi connectivity index (χ4v) is 1.11. The van der Waals surface area contributed by atoms with E-state index >= 15 is 0 Å². The third-order valence-corrected chi connectivity index (χ3v) is 1.82. The number of aliphatic carboxylic acids is 1. The average Bonchev–Trinajstić information content (AvgIpc) is 1.83. The van der Waals surface area contributed by atoms with Crippen molar-refractivity contribution in [1.29, 1.82) is 0 Å². The molecule has 14 heavy (non-hydrogen) atoms. The summed E-state index contributed by atoms with van der Waals surface area (Å²) in [5.41, 5.74) is 0.392. The van der Waals surface area contributed by atoms with E-state index in [1.54, 1.807) is 0 Å². The van der Waals surface area contributed by atoms with Crippen LogP contribution < -0.4 is 0 Å². The van der Waals surface area contributed by atoms with Gasteiger partial charge in [0.1, 0.15) is 0 Å². The first-order valence-electron chi connectivity index (χ1n) is 4.63. The standard InChI is InChI=1S/C10H20O2.BH3.Co/c1-10(2,3)8-6-4-5-7-9(11)12;;/h4-8H2,1-3H3,(H,11,12);1H3;. The Hall–Kier alpha value is 0.0414. The predicted octanol–water partition coefficient (Wildman–Crippen LogP) is 1.88. The van der Waals surface area contributed by atoms with Crippen LogP contribution in [0.15, 0.2) is 0 Å². The average molecular weight is 245 g/mol. The number of rotatable bonds is 5. The van der Waals surface area contributed by atoms with Gasteiger partial charge in [0, 0.05) is 23.2 Å². The van der Waals surface area contributed by atoms with E-state index in [1.807, 2.05) is 0 Å². The summed E-state index contributed by atoms with van der Waals surface area (Å²) in [7, 11) is 0. The van der Waals surface area contributed by atoms with Crippen molar-refractivity contribution in [2.45, 2.75) is 52.9 Å². The van der Waals surface area contributed by atoms with Gasteiger partial charge in [-0.3, -0.25) is 4.79 Å². The number of carboxylic acids is 1. The minimum Gasteiger partial charge on any atom is -0.481 e. The van der Waals surface area contributed by atoms with Gasteiger partial charge in [-0.05, 0) is 18.3 Å². The van der Waals surface area contributed by atoms with Crippen molar-refractivity contribution in [2.24, 2.45) is 5.41 Å².